The lowest BCUT2D eigenvalue weighted by Crippen LogP contribution is -2.44. The van der Waals surface area contributed by atoms with Crippen molar-refractivity contribution >= 4 is 43.6 Å². The second-order valence-corrected chi connectivity index (χ2v) is 9.02. The normalized spacial score (nSPS) is 14.3. The number of anilines is 1. The number of carbonyl (C=O) groups excluding carboxylic acids is 1. The van der Waals surface area contributed by atoms with Gasteiger partial charge in [0.15, 0.2) is 5.13 Å². The molecule has 5 rings (SSSR count). The van der Waals surface area contributed by atoms with Crippen molar-refractivity contribution in [3.63, 3.8) is 0 Å². The minimum absolute atomic E-state index is 0.0381. The van der Waals surface area contributed by atoms with E-state index < -0.39 is 11.5 Å². The van der Waals surface area contributed by atoms with Gasteiger partial charge >= 0.3 is 5.63 Å². The average molecular weight is 496 g/mol. The van der Waals surface area contributed by atoms with Gasteiger partial charge in [-0.05, 0) is 24.3 Å². The molecule has 9 nitrogen and oxygen atoms in total. The van der Waals surface area contributed by atoms with Crippen LogP contribution in [0.5, 0.6) is 11.5 Å². The van der Waals surface area contributed by atoms with Crippen LogP contribution in [0, 0.1) is 0 Å². The Kier molecular flexibility index (Phi) is 6.67. The van der Waals surface area contributed by atoms with Crippen LogP contribution in [0.2, 0.25) is 0 Å². The molecule has 1 saturated heterocycles. The zero-order chi connectivity index (χ0) is 24.4. The van der Waals surface area contributed by atoms with E-state index in [2.05, 4.69) is 4.90 Å². The Morgan fingerprint density at radius 3 is 2.63 bits per heavy atom. The third-order valence-electron chi connectivity index (χ3n) is 5.99. The van der Waals surface area contributed by atoms with E-state index in [9.17, 15) is 9.59 Å². The molecule has 0 aliphatic carbocycles. The van der Waals surface area contributed by atoms with Crippen LogP contribution >= 0.6 is 11.3 Å². The molecule has 0 radical (unpaired) electrons. The fourth-order valence-electron chi connectivity index (χ4n) is 4.10. The molecule has 10 heteroatoms. The third-order valence-corrected chi connectivity index (χ3v) is 7.08. The van der Waals surface area contributed by atoms with Crippen molar-refractivity contribution in [2.24, 2.45) is 0 Å². The number of rotatable bonds is 7. The third kappa shape index (κ3) is 4.60. The summed E-state index contributed by atoms with van der Waals surface area (Å²) in [5, 5.41) is 1.13. The number of methoxy groups -OCH3 is 2. The molecule has 35 heavy (non-hydrogen) atoms. The molecular formula is C25H25N3O6S. The smallest absolute Gasteiger partial charge is 0.349 e. The van der Waals surface area contributed by atoms with Gasteiger partial charge in [0.1, 0.15) is 32.9 Å². The van der Waals surface area contributed by atoms with Gasteiger partial charge in [0.05, 0.1) is 27.4 Å². The Hall–Kier alpha value is -3.47. The van der Waals surface area contributed by atoms with Crippen LogP contribution < -0.4 is 20.0 Å². The predicted octanol–water partition coefficient (Wildman–Crippen LogP) is 3.40. The molecule has 2 aromatic heterocycles. The van der Waals surface area contributed by atoms with Gasteiger partial charge < -0.3 is 18.6 Å². The highest BCUT2D eigenvalue weighted by atomic mass is 32.1. The van der Waals surface area contributed by atoms with Gasteiger partial charge in [-0.25, -0.2) is 9.78 Å². The fourth-order valence-corrected chi connectivity index (χ4v) is 5.20. The molecule has 1 fully saturated rings. The van der Waals surface area contributed by atoms with Crippen molar-refractivity contribution in [2.75, 3.05) is 58.5 Å². The highest BCUT2D eigenvalue weighted by Gasteiger charge is 2.27. The van der Waals surface area contributed by atoms with E-state index in [1.165, 1.54) is 11.3 Å². The highest BCUT2D eigenvalue weighted by molar-refractivity contribution is 7.22. The SMILES string of the molecule is COc1ccc(OC)c2sc(N(CCN3CCOCC3)C(=O)c3cc4ccccc4oc3=O)nc12. The zero-order valence-corrected chi connectivity index (χ0v) is 20.3. The first-order valence-corrected chi connectivity index (χ1v) is 12.1. The van der Waals surface area contributed by atoms with Crippen molar-refractivity contribution in [3.8, 4) is 11.5 Å². The maximum Gasteiger partial charge on any atom is 0.349 e. The molecule has 4 aromatic rings. The summed E-state index contributed by atoms with van der Waals surface area (Å²) in [4.78, 5) is 35.1. The molecule has 0 bridgehead atoms. The summed E-state index contributed by atoms with van der Waals surface area (Å²) in [7, 11) is 3.16. The maximum absolute atomic E-state index is 13.8. The highest BCUT2D eigenvalue weighted by Crippen LogP contribution is 2.40. The molecule has 0 spiro atoms. The van der Waals surface area contributed by atoms with Gasteiger partial charge in [-0.1, -0.05) is 29.5 Å². The molecule has 1 aliphatic rings. The minimum Gasteiger partial charge on any atom is -0.495 e. The first-order chi connectivity index (χ1) is 17.1. The molecule has 1 amide bonds. The number of fused-ring (bicyclic) bond motifs is 2. The first-order valence-electron chi connectivity index (χ1n) is 11.3. The first kappa shape index (κ1) is 23.3. The Morgan fingerprint density at radius 1 is 1.11 bits per heavy atom. The molecule has 0 atom stereocenters. The number of benzene rings is 2. The number of para-hydroxylation sites is 1. The van der Waals surface area contributed by atoms with Crippen LogP contribution in [-0.2, 0) is 4.74 Å². The standard InChI is InChI=1S/C25H25N3O6S/c1-31-19-7-8-20(32-2)22-21(19)26-25(35-22)28(10-9-27-11-13-33-14-12-27)23(29)17-15-16-5-3-4-6-18(16)34-24(17)30/h3-8,15H,9-14H2,1-2H3. The summed E-state index contributed by atoms with van der Waals surface area (Å²) >= 11 is 1.32. The largest absolute Gasteiger partial charge is 0.495 e. The number of amides is 1. The number of nitrogens with zero attached hydrogens (tertiary/aromatic N) is 3. The molecule has 0 saturated carbocycles. The lowest BCUT2D eigenvalue weighted by molar-refractivity contribution is 0.0391. The van der Waals surface area contributed by atoms with Crippen LogP contribution in [0.25, 0.3) is 21.2 Å². The van der Waals surface area contributed by atoms with Crippen LogP contribution in [-0.4, -0.2) is 69.4 Å². The molecule has 3 heterocycles. The van der Waals surface area contributed by atoms with E-state index in [0.29, 0.717) is 59.4 Å². The lowest BCUT2D eigenvalue weighted by Gasteiger charge is -2.29. The van der Waals surface area contributed by atoms with Crippen molar-refractivity contribution < 1.29 is 23.4 Å². The molecule has 1 aliphatic heterocycles. The van der Waals surface area contributed by atoms with E-state index in [1.54, 1.807) is 55.5 Å². The van der Waals surface area contributed by atoms with Crippen LogP contribution in [0.3, 0.4) is 0 Å². The molecule has 182 valence electrons. The summed E-state index contributed by atoms with van der Waals surface area (Å²) in [6.45, 7) is 3.81. The van der Waals surface area contributed by atoms with Gasteiger partial charge in [-0.2, -0.15) is 0 Å². The zero-order valence-electron chi connectivity index (χ0n) is 19.5. The monoisotopic (exact) mass is 495 g/mol. The summed E-state index contributed by atoms with van der Waals surface area (Å²) < 4.78 is 22.6. The molecule has 0 N–H and O–H groups in total. The van der Waals surface area contributed by atoms with Gasteiger partial charge in [0.2, 0.25) is 0 Å². The van der Waals surface area contributed by atoms with Crippen molar-refractivity contribution in [1.82, 2.24) is 9.88 Å². The Balaban J connectivity index is 1.57. The number of ether oxygens (including phenoxy) is 3. The quantitative estimate of drug-likeness (QED) is 0.360. The van der Waals surface area contributed by atoms with Crippen LogP contribution in [0.1, 0.15) is 10.4 Å². The Bertz CT molecular complexity index is 1390. The average Bonchev–Trinajstić information content (AvgIpc) is 3.33. The van der Waals surface area contributed by atoms with E-state index >= 15 is 0 Å². The van der Waals surface area contributed by atoms with Gasteiger partial charge in [-0.3, -0.25) is 14.6 Å². The predicted molar refractivity (Wildman–Crippen MR) is 134 cm³/mol. The lowest BCUT2D eigenvalue weighted by atomic mass is 10.1. The summed E-state index contributed by atoms with van der Waals surface area (Å²) in [6.07, 6.45) is 0. The second kappa shape index (κ2) is 10.0. The minimum atomic E-state index is -0.679. The summed E-state index contributed by atoms with van der Waals surface area (Å²) in [6, 6.07) is 12.3. The number of carbonyl (C=O) groups is 1. The van der Waals surface area contributed by atoms with E-state index in [1.807, 2.05) is 6.07 Å². The molecular weight excluding hydrogens is 470 g/mol. The fraction of sp³-hybridized carbons (Fsp3) is 0.320. The number of aromatic nitrogens is 1. The van der Waals surface area contributed by atoms with E-state index in [4.69, 9.17) is 23.6 Å². The number of thiazole rings is 1. The summed E-state index contributed by atoms with van der Waals surface area (Å²) in [5.41, 5.74) is 0.315. The number of hydrogen-bond donors (Lipinski definition) is 0. The van der Waals surface area contributed by atoms with Gasteiger partial charge in [0.25, 0.3) is 5.91 Å². The topological polar surface area (TPSA) is 94.3 Å². The summed E-state index contributed by atoms with van der Waals surface area (Å²) in [5.74, 6) is 0.749. The van der Waals surface area contributed by atoms with Gasteiger partial charge in [-0.15, -0.1) is 0 Å². The number of hydrogen-bond acceptors (Lipinski definition) is 9. The van der Waals surface area contributed by atoms with Crippen molar-refractivity contribution in [3.05, 3.63) is 58.4 Å². The molecule has 0 unspecified atom stereocenters. The Morgan fingerprint density at radius 2 is 1.86 bits per heavy atom. The second-order valence-electron chi connectivity index (χ2n) is 8.04. The number of morpholine rings is 1. The van der Waals surface area contributed by atoms with E-state index in [0.717, 1.165) is 17.8 Å². The van der Waals surface area contributed by atoms with Crippen LogP contribution in [0.15, 0.2) is 51.7 Å². The van der Waals surface area contributed by atoms with Crippen molar-refractivity contribution in [2.45, 2.75) is 0 Å². The van der Waals surface area contributed by atoms with Gasteiger partial charge in [0, 0.05) is 31.6 Å². The molecule has 2 aromatic carbocycles. The maximum atomic E-state index is 13.8. The Labute approximate surface area is 205 Å². The van der Waals surface area contributed by atoms with Crippen LogP contribution in [0.4, 0.5) is 5.13 Å². The van der Waals surface area contributed by atoms with Crippen molar-refractivity contribution in [1.29, 1.82) is 0 Å². The van der Waals surface area contributed by atoms with E-state index in [-0.39, 0.29) is 5.56 Å².